The molecule has 2 aromatic heterocycles. The Morgan fingerprint density at radius 3 is 2.95 bits per heavy atom. The summed E-state index contributed by atoms with van der Waals surface area (Å²) in [6.07, 6.45) is 6.08. The zero-order valence-corrected chi connectivity index (χ0v) is 14.1. The van der Waals surface area contributed by atoms with Crippen molar-refractivity contribution in [2.24, 2.45) is 5.92 Å². The van der Waals surface area contributed by atoms with Gasteiger partial charge in [0.05, 0.1) is 5.69 Å². The molecule has 5 heteroatoms. The predicted molar refractivity (Wildman–Crippen MR) is 90.3 cm³/mol. The van der Waals surface area contributed by atoms with E-state index in [0.717, 1.165) is 36.9 Å². The van der Waals surface area contributed by atoms with Crippen molar-refractivity contribution in [1.82, 2.24) is 14.7 Å². The summed E-state index contributed by atoms with van der Waals surface area (Å²) in [6, 6.07) is 0.500. The number of nitrogens with one attached hydrogen (secondary N) is 1. The van der Waals surface area contributed by atoms with Gasteiger partial charge in [0.2, 0.25) is 0 Å². The molecule has 3 rings (SSSR count). The lowest BCUT2D eigenvalue weighted by Crippen LogP contribution is -2.34. The molecule has 0 bridgehead atoms. The van der Waals surface area contributed by atoms with Gasteiger partial charge in [-0.05, 0) is 45.6 Å². The molecule has 0 amide bonds. The van der Waals surface area contributed by atoms with Crippen LogP contribution >= 0.6 is 11.3 Å². The monoisotopic (exact) mass is 306 g/mol. The molecule has 0 aliphatic heterocycles. The summed E-state index contributed by atoms with van der Waals surface area (Å²) in [5.74, 6) is 2.07. The van der Waals surface area contributed by atoms with Crippen molar-refractivity contribution >= 4 is 22.1 Å². The number of rotatable bonds is 8. The van der Waals surface area contributed by atoms with Crippen LogP contribution in [-0.2, 0) is 6.54 Å². The molecule has 1 aliphatic carbocycles. The fraction of sp³-hybridized carbons (Fsp3) is 0.688. The number of fused-ring (bicyclic) bond motifs is 1. The molecule has 0 atom stereocenters. The van der Waals surface area contributed by atoms with Crippen LogP contribution in [0.15, 0.2) is 11.6 Å². The lowest BCUT2D eigenvalue weighted by molar-refractivity contribution is 0.621. The van der Waals surface area contributed by atoms with Gasteiger partial charge in [-0.25, -0.2) is 4.98 Å². The smallest absolute Gasteiger partial charge is 0.195 e. The molecule has 4 nitrogen and oxygen atoms in total. The average molecular weight is 306 g/mol. The highest BCUT2D eigenvalue weighted by atomic mass is 32.1. The standard InChI is InChI=1S/C16H26N4S/c1-4-7-17-10-14-15(18-16-19(14)8-9-21-16)20(12(2)3)11-13-5-6-13/h8-9,12-13,17H,4-7,10-11H2,1-3H3. The number of aromatic nitrogens is 2. The lowest BCUT2D eigenvalue weighted by atomic mass is 10.2. The van der Waals surface area contributed by atoms with Gasteiger partial charge in [0.15, 0.2) is 10.8 Å². The fourth-order valence-electron chi connectivity index (χ4n) is 2.72. The SMILES string of the molecule is CCCNCc1c(N(CC2CC2)C(C)C)nc2sccn12. The highest BCUT2D eigenvalue weighted by Gasteiger charge is 2.28. The third-order valence-electron chi connectivity index (χ3n) is 4.11. The summed E-state index contributed by atoms with van der Waals surface area (Å²) < 4.78 is 2.25. The molecule has 0 unspecified atom stereocenters. The van der Waals surface area contributed by atoms with E-state index in [1.165, 1.54) is 24.4 Å². The van der Waals surface area contributed by atoms with Gasteiger partial charge in [0.1, 0.15) is 0 Å². The first-order valence-corrected chi connectivity index (χ1v) is 9.00. The van der Waals surface area contributed by atoms with E-state index in [1.54, 1.807) is 11.3 Å². The van der Waals surface area contributed by atoms with Gasteiger partial charge in [-0.2, -0.15) is 0 Å². The molecule has 21 heavy (non-hydrogen) atoms. The maximum atomic E-state index is 4.92. The molecule has 1 saturated carbocycles. The van der Waals surface area contributed by atoms with Crippen LogP contribution < -0.4 is 10.2 Å². The molecular formula is C16H26N4S. The van der Waals surface area contributed by atoms with Crippen LogP contribution in [0.3, 0.4) is 0 Å². The molecule has 2 aromatic rings. The largest absolute Gasteiger partial charge is 0.352 e. The number of nitrogens with zero attached hydrogens (tertiary/aromatic N) is 3. The zero-order chi connectivity index (χ0) is 14.8. The predicted octanol–water partition coefficient (Wildman–Crippen LogP) is 3.52. The third-order valence-corrected chi connectivity index (χ3v) is 4.86. The van der Waals surface area contributed by atoms with Crippen LogP contribution in [0.4, 0.5) is 5.82 Å². The quantitative estimate of drug-likeness (QED) is 0.757. The maximum absolute atomic E-state index is 4.92. The Hall–Kier alpha value is -1.07. The molecule has 1 fully saturated rings. The topological polar surface area (TPSA) is 32.6 Å². The molecule has 2 heterocycles. The number of imidazole rings is 1. The van der Waals surface area contributed by atoms with E-state index in [-0.39, 0.29) is 0 Å². The summed E-state index contributed by atoms with van der Waals surface area (Å²) in [5, 5.41) is 5.66. The van der Waals surface area contributed by atoms with Crippen LogP contribution in [0.1, 0.15) is 45.7 Å². The number of hydrogen-bond acceptors (Lipinski definition) is 4. The first-order valence-electron chi connectivity index (χ1n) is 8.12. The van der Waals surface area contributed by atoms with E-state index in [9.17, 15) is 0 Å². The molecule has 0 saturated heterocycles. The second kappa shape index (κ2) is 6.36. The van der Waals surface area contributed by atoms with Crippen molar-refractivity contribution in [3.8, 4) is 0 Å². The Balaban J connectivity index is 1.90. The highest BCUT2D eigenvalue weighted by molar-refractivity contribution is 7.15. The molecular weight excluding hydrogens is 280 g/mol. The first kappa shape index (κ1) is 14.9. The Bertz CT molecular complexity index is 582. The van der Waals surface area contributed by atoms with Crippen LogP contribution in [0.2, 0.25) is 0 Å². The van der Waals surface area contributed by atoms with Crippen LogP contribution in [-0.4, -0.2) is 28.5 Å². The lowest BCUT2D eigenvalue weighted by Gasteiger charge is -2.28. The normalized spacial score (nSPS) is 15.2. The Morgan fingerprint density at radius 1 is 1.48 bits per heavy atom. The van der Waals surface area contributed by atoms with Gasteiger partial charge in [0.25, 0.3) is 0 Å². The van der Waals surface area contributed by atoms with Crippen molar-refractivity contribution in [2.75, 3.05) is 18.0 Å². The minimum atomic E-state index is 0.500. The molecule has 1 aliphatic rings. The van der Waals surface area contributed by atoms with Crippen molar-refractivity contribution in [2.45, 2.75) is 52.6 Å². The number of anilines is 1. The van der Waals surface area contributed by atoms with Gasteiger partial charge in [-0.15, -0.1) is 11.3 Å². The Kier molecular flexibility index (Phi) is 4.50. The minimum Gasteiger partial charge on any atom is -0.352 e. The third kappa shape index (κ3) is 3.24. The van der Waals surface area contributed by atoms with Crippen LogP contribution in [0, 0.1) is 5.92 Å². The minimum absolute atomic E-state index is 0.500. The van der Waals surface area contributed by atoms with E-state index < -0.39 is 0 Å². The average Bonchev–Trinajstić information content (AvgIpc) is 3.05. The van der Waals surface area contributed by atoms with Crippen molar-refractivity contribution in [3.05, 3.63) is 17.3 Å². The van der Waals surface area contributed by atoms with Crippen LogP contribution in [0.25, 0.3) is 4.96 Å². The van der Waals surface area contributed by atoms with Gasteiger partial charge in [-0.1, -0.05) is 6.92 Å². The summed E-state index contributed by atoms with van der Waals surface area (Å²) in [6.45, 7) is 9.87. The maximum Gasteiger partial charge on any atom is 0.195 e. The number of thiazole rings is 1. The molecule has 116 valence electrons. The Labute approximate surface area is 131 Å². The van der Waals surface area contributed by atoms with Crippen LogP contribution in [0.5, 0.6) is 0 Å². The van der Waals surface area contributed by atoms with E-state index >= 15 is 0 Å². The van der Waals surface area contributed by atoms with Gasteiger partial charge < -0.3 is 10.2 Å². The summed E-state index contributed by atoms with van der Waals surface area (Å²) in [4.78, 5) is 8.53. The highest BCUT2D eigenvalue weighted by Crippen LogP contribution is 2.34. The van der Waals surface area contributed by atoms with E-state index in [2.05, 4.69) is 47.0 Å². The van der Waals surface area contributed by atoms with Crippen molar-refractivity contribution in [1.29, 1.82) is 0 Å². The van der Waals surface area contributed by atoms with E-state index in [4.69, 9.17) is 4.98 Å². The van der Waals surface area contributed by atoms with E-state index in [1.807, 2.05) is 0 Å². The summed E-state index contributed by atoms with van der Waals surface area (Å²) >= 11 is 1.72. The summed E-state index contributed by atoms with van der Waals surface area (Å²) in [5.41, 5.74) is 1.31. The fourth-order valence-corrected chi connectivity index (χ4v) is 3.45. The first-order chi connectivity index (χ1) is 10.2. The van der Waals surface area contributed by atoms with E-state index in [0.29, 0.717) is 6.04 Å². The van der Waals surface area contributed by atoms with Gasteiger partial charge in [-0.3, -0.25) is 4.40 Å². The molecule has 1 N–H and O–H groups in total. The Morgan fingerprint density at radius 2 is 2.29 bits per heavy atom. The van der Waals surface area contributed by atoms with Gasteiger partial charge >= 0.3 is 0 Å². The van der Waals surface area contributed by atoms with Crippen molar-refractivity contribution in [3.63, 3.8) is 0 Å². The van der Waals surface area contributed by atoms with Crippen molar-refractivity contribution < 1.29 is 0 Å². The second-order valence-corrected chi connectivity index (χ2v) is 7.18. The molecule has 0 spiro atoms. The zero-order valence-electron chi connectivity index (χ0n) is 13.3. The van der Waals surface area contributed by atoms with Gasteiger partial charge in [0, 0.05) is 30.7 Å². The molecule has 0 radical (unpaired) electrons. The summed E-state index contributed by atoms with van der Waals surface area (Å²) in [7, 11) is 0. The number of hydrogen-bond donors (Lipinski definition) is 1. The molecule has 0 aromatic carbocycles. The second-order valence-electron chi connectivity index (χ2n) is 6.30.